The van der Waals surface area contributed by atoms with Gasteiger partial charge in [-0.3, -0.25) is 9.59 Å². The lowest BCUT2D eigenvalue weighted by Crippen LogP contribution is -2.55. The number of alkyl carbamates (subject to hydrolysis) is 1. The smallest absolute Gasteiger partial charge is 0.408 e. The van der Waals surface area contributed by atoms with Crippen molar-refractivity contribution in [2.75, 3.05) is 5.32 Å². The van der Waals surface area contributed by atoms with Crippen molar-refractivity contribution in [1.82, 2.24) is 10.2 Å². The molecule has 0 aliphatic rings. The maximum atomic E-state index is 14.4. The van der Waals surface area contributed by atoms with Gasteiger partial charge in [-0.15, -0.1) is 0 Å². The lowest BCUT2D eigenvalue weighted by Gasteiger charge is -2.39. The number of aryl methyl sites for hydroxylation is 3. The number of hydrogen-bond acceptors (Lipinski definition) is 4. The Labute approximate surface area is 234 Å². The van der Waals surface area contributed by atoms with E-state index in [0.717, 1.165) is 22.3 Å². The minimum Gasteiger partial charge on any atom is -0.444 e. The number of carbonyl (C=O) groups excluding carboxylic acids is 3. The van der Waals surface area contributed by atoms with Gasteiger partial charge in [-0.05, 0) is 90.0 Å². The summed E-state index contributed by atoms with van der Waals surface area (Å²) < 4.78 is 5.48. The van der Waals surface area contributed by atoms with Crippen LogP contribution in [0.3, 0.4) is 0 Å². The number of nitrogens with one attached hydrogen (secondary N) is 2. The molecule has 214 valence electrons. The molecule has 0 saturated heterocycles. The van der Waals surface area contributed by atoms with Gasteiger partial charge in [0.15, 0.2) is 0 Å². The van der Waals surface area contributed by atoms with Crippen LogP contribution < -0.4 is 10.6 Å². The number of hydrogen-bond donors (Lipinski definition) is 2. The minimum atomic E-state index is -0.900. The van der Waals surface area contributed by atoms with E-state index in [9.17, 15) is 14.4 Å². The molecule has 0 aliphatic carbocycles. The molecule has 0 aliphatic heterocycles. The van der Waals surface area contributed by atoms with Gasteiger partial charge in [-0.2, -0.15) is 0 Å². The molecule has 0 heterocycles. The first kappa shape index (κ1) is 31.9. The topological polar surface area (TPSA) is 87.7 Å². The number of anilines is 1. The first-order valence-electron chi connectivity index (χ1n) is 13.9. The predicted molar refractivity (Wildman–Crippen MR) is 158 cm³/mol. The summed E-state index contributed by atoms with van der Waals surface area (Å²) in [6.07, 6.45) is 0.383. The van der Waals surface area contributed by atoms with Crippen molar-refractivity contribution in [1.29, 1.82) is 0 Å². The van der Waals surface area contributed by atoms with E-state index < -0.39 is 23.8 Å². The summed E-state index contributed by atoms with van der Waals surface area (Å²) in [4.78, 5) is 42.9. The van der Waals surface area contributed by atoms with Crippen LogP contribution in [0, 0.1) is 26.7 Å². The molecule has 2 N–H and O–H groups in total. The first-order valence-corrected chi connectivity index (χ1v) is 13.9. The number of para-hydroxylation sites is 1. The van der Waals surface area contributed by atoms with Crippen LogP contribution in [0.4, 0.5) is 10.5 Å². The summed E-state index contributed by atoms with van der Waals surface area (Å²) in [5.74, 6) is -0.493. The third kappa shape index (κ3) is 9.12. The van der Waals surface area contributed by atoms with Crippen molar-refractivity contribution >= 4 is 23.6 Å². The highest BCUT2D eigenvalue weighted by molar-refractivity contribution is 5.99. The van der Waals surface area contributed by atoms with Gasteiger partial charge >= 0.3 is 6.09 Å². The zero-order chi connectivity index (χ0) is 29.5. The number of nitrogens with zero attached hydrogens (tertiary/aromatic N) is 1. The van der Waals surface area contributed by atoms with Crippen molar-refractivity contribution in [2.45, 2.75) is 106 Å². The molecule has 2 aromatic carbocycles. The highest BCUT2D eigenvalue weighted by Gasteiger charge is 2.39. The molecule has 2 aromatic rings. The van der Waals surface area contributed by atoms with Crippen LogP contribution in [-0.4, -0.2) is 40.5 Å². The lowest BCUT2D eigenvalue weighted by molar-refractivity contribution is -0.143. The van der Waals surface area contributed by atoms with Gasteiger partial charge in [0.1, 0.15) is 17.7 Å². The summed E-state index contributed by atoms with van der Waals surface area (Å²) in [6.45, 7) is 19.2. The Bertz CT molecular complexity index is 1150. The molecule has 0 radical (unpaired) electrons. The molecule has 7 nitrogen and oxygen atoms in total. The van der Waals surface area contributed by atoms with Crippen LogP contribution >= 0.6 is 0 Å². The van der Waals surface area contributed by atoms with Crippen molar-refractivity contribution < 1.29 is 19.1 Å². The third-order valence-corrected chi connectivity index (χ3v) is 6.67. The van der Waals surface area contributed by atoms with Crippen LogP contribution in [0.2, 0.25) is 0 Å². The average Bonchev–Trinajstić information content (AvgIpc) is 2.81. The zero-order valence-electron chi connectivity index (χ0n) is 25.3. The zero-order valence-corrected chi connectivity index (χ0v) is 25.3. The molecule has 0 bridgehead atoms. The Morgan fingerprint density at radius 3 is 2.13 bits per heavy atom. The quantitative estimate of drug-likeness (QED) is 0.347. The summed E-state index contributed by atoms with van der Waals surface area (Å²) >= 11 is 0. The molecule has 7 heteroatoms. The fourth-order valence-electron chi connectivity index (χ4n) is 4.58. The number of rotatable bonds is 10. The summed E-state index contributed by atoms with van der Waals surface area (Å²) in [7, 11) is 0. The second kappa shape index (κ2) is 13.6. The Balaban J connectivity index is 2.62. The molecule has 3 atom stereocenters. The van der Waals surface area contributed by atoms with Crippen molar-refractivity contribution in [3.05, 3.63) is 64.7 Å². The summed E-state index contributed by atoms with van der Waals surface area (Å²) in [5.41, 5.74) is 3.65. The summed E-state index contributed by atoms with van der Waals surface area (Å²) in [6, 6.07) is 11.4. The molecule has 39 heavy (non-hydrogen) atoms. The van der Waals surface area contributed by atoms with Crippen LogP contribution in [0.15, 0.2) is 42.5 Å². The van der Waals surface area contributed by atoms with Gasteiger partial charge in [-0.25, -0.2) is 4.79 Å². The van der Waals surface area contributed by atoms with E-state index in [2.05, 4.69) is 10.6 Å². The van der Waals surface area contributed by atoms with Crippen LogP contribution in [-0.2, 0) is 14.3 Å². The lowest BCUT2D eigenvalue weighted by atomic mass is 9.93. The first-order chi connectivity index (χ1) is 18.1. The van der Waals surface area contributed by atoms with E-state index in [0.29, 0.717) is 18.5 Å². The highest BCUT2D eigenvalue weighted by Crippen LogP contribution is 2.31. The number of carbonyl (C=O) groups is 3. The summed E-state index contributed by atoms with van der Waals surface area (Å²) in [5, 5.41) is 5.88. The highest BCUT2D eigenvalue weighted by atomic mass is 16.6. The van der Waals surface area contributed by atoms with Gasteiger partial charge in [0.25, 0.3) is 5.91 Å². The average molecular weight is 538 g/mol. The molecule has 0 fully saturated rings. The van der Waals surface area contributed by atoms with Crippen LogP contribution in [0.5, 0.6) is 0 Å². The molecule has 0 aromatic heterocycles. The Morgan fingerprint density at radius 1 is 0.949 bits per heavy atom. The second-order valence-corrected chi connectivity index (χ2v) is 11.9. The fraction of sp³-hybridized carbons (Fsp3) is 0.531. The van der Waals surface area contributed by atoms with E-state index in [1.807, 2.05) is 90.9 Å². The maximum absolute atomic E-state index is 14.4. The van der Waals surface area contributed by atoms with Crippen molar-refractivity contribution in [2.24, 2.45) is 5.92 Å². The molecular formula is C32H47N3O4. The standard InChI is InChI=1S/C32H47N3O4/c1-11-24(7)35(30(37)27(18-20(2)3)34-31(38)39-32(8,9)10)28(25-17-16-21(4)19-23(25)6)29(36)33-26-15-13-12-14-22(26)5/h12-17,19-20,24,27-28H,11,18H2,1-10H3,(H,33,36)(H,34,38). The van der Waals surface area contributed by atoms with Crippen LogP contribution in [0.1, 0.15) is 89.6 Å². The minimum absolute atomic E-state index is 0.119. The maximum Gasteiger partial charge on any atom is 0.408 e. The number of amides is 3. The van der Waals surface area contributed by atoms with Gasteiger partial charge < -0.3 is 20.3 Å². The molecule has 0 spiro atoms. The predicted octanol–water partition coefficient (Wildman–Crippen LogP) is 6.86. The molecular weight excluding hydrogens is 490 g/mol. The fourth-order valence-corrected chi connectivity index (χ4v) is 4.58. The van der Waals surface area contributed by atoms with Gasteiger partial charge in [0.2, 0.25) is 5.91 Å². The van der Waals surface area contributed by atoms with Gasteiger partial charge in [0, 0.05) is 11.7 Å². The number of benzene rings is 2. The normalized spacial score (nSPS) is 13.8. The largest absolute Gasteiger partial charge is 0.444 e. The molecule has 0 saturated carbocycles. The van der Waals surface area contributed by atoms with Gasteiger partial charge in [0.05, 0.1) is 0 Å². The van der Waals surface area contributed by atoms with Crippen LogP contribution in [0.25, 0.3) is 0 Å². The second-order valence-electron chi connectivity index (χ2n) is 11.9. The van der Waals surface area contributed by atoms with Crippen molar-refractivity contribution in [3.63, 3.8) is 0 Å². The Hall–Kier alpha value is -3.35. The van der Waals surface area contributed by atoms with E-state index in [-0.39, 0.29) is 23.8 Å². The van der Waals surface area contributed by atoms with E-state index in [4.69, 9.17) is 4.74 Å². The molecule has 3 unspecified atom stereocenters. The van der Waals surface area contributed by atoms with Crippen molar-refractivity contribution in [3.8, 4) is 0 Å². The molecule has 3 amide bonds. The van der Waals surface area contributed by atoms with E-state index >= 15 is 0 Å². The monoisotopic (exact) mass is 537 g/mol. The molecule has 2 rings (SSSR count). The van der Waals surface area contributed by atoms with E-state index in [1.54, 1.807) is 25.7 Å². The number of ether oxygens (including phenoxy) is 1. The third-order valence-electron chi connectivity index (χ3n) is 6.67. The van der Waals surface area contributed by atoms with Gasteiger partial charge in [-0.1, -0.05) is 62.7 Å². The SMILES string of the molecule is CCC(C)N(C(=O)C(CC(C)C)NC(=O)OC(C)(C)C)C(C(=O)Nc1ccccc1C)c1ccc(C)cc1C. The Morgan fingerprint density at radius 2 is 1.59 bits per heavy atom. The van der Waals surface area contributed by atoms with E-state index in [1.165, 1.54) is 0 Å². The Kier molecular flexibility index (Phi) is 11.1.